The molecule has 0 spiro atoms. The summed E-state index contributed by atoms with van der Waals surface area (Å²) in [7, 11) is 0. The molecule has 0 saturated heterocycles. The van der Waals surface area contributed by atoms with Crippen LogP contribution in [-0.2, 0) is 11.2 Å². The molecule has 0 aliphatic heterocycles. The molecule has 1 N–H and O–H groups in total. The van der Waals surface area contributed by atoms with Gasteiger partial charge in [0, 0.05) is 17.4 Å². The van der Waals surface area contributed by atoms with E-state index in [2.05, 4.69) is 0 Å². The second-order valence-electron chi connectivity index (χ2n) is 3.12. The van der Waals surface area contributed by atoms with Crippen molar-refractivity contribution in [1.82, 2.24) is 0 Å². The van der Waals surface area contributed by atoms with Crippen molar-refractivity contribution in [3.05, 3.63) is 42.0 Å². The zero-order valence-electron chi connectivity index (χ0n) is 7.53. The number of benzene rings is 2. The van der Waals surface area contributed by atoms with Gasteiger partial charge < -0.3 is 5.11 Å². The summed E-state index contributed by atoms with van der Waals surface area (Å²) in [6.07, 6.45) is 1.92. The maximum atomic E-state index is 10.2. The number of carbonyl (C=O) groups excluding carboxylic acids is 1. The largest absolute Gasteiger partial charge is 0.507 e. The Bertz CT molecular complexity index is 475. The number of rotatable bonds is 2. The molecule has 0 saturated carbocycles. The van der Waals surface area contributed by atoms with Gasteiger partial charge in [0.1, 0.15) is 5.75 Å². The van der Waals surface area contributed by atoms with Crippen LogP contribution in [0, 0.1) is 0 Å². The molecule has 0 bridgehead atoms. The Hall–Kier alpha value is -1.83. The third-order valence-corrected chi connectivity index (χ3v) is 2.25. The smallest absolute Gasteiger partial charge is 0.203 e. The predicted molar refractivity (Wildman–Crippen MR) is 55.0 cm³/mol. The summed E-state index contributed by atoms with van der Waals surface area (Å²) in [5.41, 5.74) is 0.624. The molecule has 0 heterocycles. The summed E-state index contributed by atoms with van der Waals surface area (Å²) in [6.45, 7) is 0. The summed E-state index contributed by atoms with van der Waals surface area (Å²) >= 11 is 0. The van der Waals surface area contributed by atoms with Gasteiger partial charge in [-0.1, -0.05) is 36.4 Å². The molecule has 2 heteroatoms. The number of hydrogen-bond donors (Lipinski definition) is 1. The van der Waals surface area contributed by atoms with E-state index in [0.717, 1.165) is 10.8 Å². The Labute approximate surface area is 81.8 Å². The van der Waals surface area contributed by atoms with Crippen molar-refractivity contribution in [3.63, 3.8) is 0 Å². The highest BCUT2D eigenvalue weighted by Gasteiger charge is 2.04. The first kappa shape index (κ1) is 8.75. The molecule has 69 valence electrons. The van der Waals surface area contributed by atoms with E-state index >= 15 is 0 Å². The lowest BCUT2D eigenvalue weighted by molar-refractivity contribution is 0.475. The molecule has 14 heavy (non-hydrogen) atoms. The Morgan fingerprint density at radius 3 is 2.71 bits per heavy atom. The van der Waals surface area contributed by atoms with Gasteiger partial charge in [-0.15, -0.1) is 0 Å². The van der Waals surface area contributed by atoms with Crippen LogP contribution in [0.3, 0.4) is 0 Å². The van der Waals surface area contributed by atoms with Crippen LogP contribution in [0.1, 0.15) is 5.56 Å². The highest BCUT2D eigenvalue weighted by molar-refractivity contribution is 5.89. The third kappa shape index (κ3) is 1.35. The van der Waals surface area contributed by atoms with E-state index in [9.17, 15) is 9.90 Å². The summed E-state index contributed by atoms with van der Waals surface area (Å²) in [4.78, 5) is 10.2. The van der Waals surface area contributed by atoms with Gasteiger partial charge in [-0.3, -0.25) is 4.79 Å². The van der Waals surface area contributed by atoms with Crippen LogP contribution in [0.25, 0.3) is 10.8 Å². The van der Waals surface area contributed by atoms with Crippen molar-refractivity contribution in [2.24, 2.45) is 0 Å². The van der Waals surface area contributed by atoms with Gasteiger partial charge in [0.05, 0.1) is 0 Å². The molecule has 0 aliphatic carbocycles. The first-order chi connectivity index (χ1) is 6.83. The second kappa shape index (κ2) is 3.50. The molecule has 2 aromatic carbocycles. The molecule has 0 aromatic heterocycles. The van der Waals surface area contributed by atoms with Crippen LogP contribution >= 0.6 is 0 Å². The van der Waals surface area contributed by atoms with Crippen molar-refractivity contribution in [2.75, 3.05) is 0 Å². The van der Waals surface area contributed by atoms with Crippen molar-refractivity contribution >= 4 is 17.1 Å². The number of phenols is 1. The second-order valence-corrected chi connectivity index (χ2v) is 3.12. The van der Waals surface area contributed by atoms with Gasteiger partial charge in [0.15, 0.2) is 0 Å². The lowest BCUT2D eigenvalue weighted by Gasteiger charge is -2.04. The fourth-order valence-electron chi connectivity index (χ4n) is 1.52. The Balaban J connectivity index is 2.68. The maximum Gasteiger partial charge on any atom is 0.203 e. The SMILES string of the molecule is O=[C]Cc1ccc2ccccc2c1O. The maximum absolute atomic E-state index is 10.2. The van der Waals surface area contributed by atoms with Crippen molar-refractivity contribution in [2.45, 2.75) is 6.42 Å². The van der Waals surface area contributed by atoms with E-state index in [4.69, 9.17) is 0 Å². The van der Waals surface area contributed by atoms with Gasteiger partial charge in [0.25, 0.3) is 0 Å². The van der Waals surface area contributed by atoms with E-state index in [1.54, 1.807) is 12.4 Å². The normalized spacial score (nSPS) is 10.3. The standard InChI is InChI=1S/C12H9O2/c13-8-7-10-6-5-9-3-1-2-4-11(9)12(10)14/h1-6,14H,7H2. The third-order valence-electron chi connectivity index (χ3n) is 2.25. The van der Waals surface area contributed by atoms with Crippen LogP contribution in [0.5, 0.6) is 5.75 Å². The highest BCUT2D eigenvalue weighted by Crippen LogP contribution is 2.28. The minimum Gasteiger partial charge on any atom is -0.507 e. The van der Waals surface area contributed by atoms with Gasteiger partial charge in [0.2, 0.25) is 6.29 Å². The van der Waals surface area contributed by atoms with Gasteiger partial charge in [-0.05, 0) is 5.39 Å². The predicted octanol–water partition coefficient (Wildman–Crippen LogP) is 2.20. The monoisotopic (exact) mass is 185 g/mol. The van der Waals surface area contributed by atoms with Crippen molar-refractivity contribution in [3.8, 4) is 5.75 Å². The number of phenolic OH excluding ortho intramolecular Hbond substituents is 1. The Morgan fingerprint density at radius 2 is 1.93 bits per heavy atom. The average Bonchev–Trinajstić information content (AvgIpc) is 2.23. The van der Waals surface area contributed by atoms with Crippen LogP contribution in [0.2, 0.25) is 0 Å². The molecule has 0 fully saturated rings. The van der Waals surface area contributed by atoms with Crippen molar-refractivity contribution < 1.29 is 9.90 Å². The van der Waals surface area contributed by atoms with Crippen LogP contribution in [-0.4, -0.2) is 11.4 Å². The molecule has 0 aliphatic rings. The molecule has 2 aromatic rings. The van der Waals surface area contributed by atoms with E-state index in [1.807, 2.05) is 30.3 Å². The summed E-state index contributed by atoms with van der Waals surface area (Å²) < 4.78 is 0. The van der Waals surface area contributed by atoms with Crippen LogP contribution in [0.15, 0.2) is 36.4 Å². The molecule has 2 nitrogen and oxygen atoms in total. The molecular weight excluding hydrogens is 176 g/mol. The molecular formula is C12H9O2. The number of aromatic hydroxyl groups is 1. The number of fused-ring (bicyclic) bond motifs is 1. The summed E-state index contributed by atoms with van der Waals surface area (Å²) in [5.74, 6) is 0.187. The fourth-order valence-corrected chi connectivity index (χ4v) is 1.52. The number of hydrogen-bond acceptors (Lipinski definition) is 2. The fraction of sp³-hybridized carbons (Fsp3) is 0.0833. The average molecular weight is 185 g/mol. The van der Waals surface area contributed by atoms with Gasteiger partial charge >= 0.3 is 0 Å². The topological polar surface area (TPSA) is 37.3 Å². The lowest BCUT2D eigenvalue weighted by atomic mass is 10.0. The zero-order chi connectivity index (χ0) is 9.97. The zero-order valence-corrected chi connectivity index (χ0v) is 7.53. The Morgan fingerprint density at radius 1 is 1.14 bits per heavy atom. The van der Waals surface area contributed by atoms with Gasteiger partial charge in [-0.25, -0.2) is 0 Å². The molecule has 0 unspecified atom stereocenters. The Kier molecular flexibility index (Phi) is 2.19. The molecule has 1 radical (unpaired) electrons. The molecule has 2 rings (SSSR count). The quantitative estimate of drug-likeness (QED) is 0.778. The summed E-state index contributed by atoms with van der Waals surface area (Å²) in [6, 6.07) is 11.2. The first-order valence-corrected chi connectivity index (χ1v) is 4.37. The minimum atomic E-state index is 0.136. The summed E-state index contributed by atoms with van der Waals surface area (Å²) in [5, 5.41) is 11.6. The molecule has 0 atom stereocenters. The van der Waals surface area contributed by atoms with Crippen LogP contribution < -0.4 is 0 Å². The van der Waals surface area contributed by atoms with E-state index in [0.29, 0.717) is 5.56 Å². The van der Waals surface area contributed by atoms with Gasteiger partial charge in [-0.2, -0.15) is 0 Å². The van der Waals surface area contributed by atoms with Crippen molar-refractivity contribution in [1.29, 1.82) is 0 Å². The highest BCUT2D eigenvalue weighted by atomic mass is 16.3. The van der Waals surface area contributed by atoms with E-state index in [1.165, 1.54) is 0 Å². The minimum absolute atomic E-state index is 0.136. The lowest BCUT2D eigenvalue weighted by Crippen LogP contribution is -1.87. The van der Waals surface area contributed by atoms with E-state index in [-0.39, 0.29) is 12.2 Å². The first-order valence-electron chi connectivity index (χ1n) is 4.37. The molecule has 0 amide bonds. The van der Waals surface area contributed by atoms with E-state index < -0.39 is 0 Å². The van der Waals surface area contributed by atoms with Crippen LogP contribution in [0.4, 0.5) is 0 Å².